The fourth-order valence-corrected chi connectivity index (χ4v) is 1.83. The second kappa shape index (κ2) is 6.90. The summed E-state index contributed by atoms with van der Waals surface area (Å²) < 4.78 is 14.3. The van der Waals surface area contributed by atoms with Crippen LogP contribution in [0.4, 0.5) is 10.1 Å². The second-order valence-corrected chi connectivity index (χ2v) is 5.08. The molecule has 0 aliphatic rings. The van der Waals surface area contributed by atoms with E-state index in [4.69, 9.17) is 0 Å². The van der Waals surface area contributed by atoms with Gasteiger partial charge in [-0.05, 0) is 30.3 Å². The lowest BCUT2D eigenvalue weighted by molar-refractivity contribution is -0.384. The highest BCUT2D eigenvalue weighted by Gasteiger charge is 2.09. The molecule has 0 atom stereocenters. The van der Waals surface area contributed by atoms with Crippen molar-refractivity contribution >= 4 is 33.7 Å². The molecule has 0 bridgehead atoms. The van der Waals surface area contributed by atoms with Crippen LogP contribution in [0, 0.1) is 15.9 Å². The number of halogens is 2. The summed E-state index contributed by atoms with van der Waals surface area (Å²) in [6, 6.07) is 9.61. The zero-order chi connectivity index (χ0) is 16.1. The maximum Gasteiger partial charge on any atom is 0.271 e. The first kappa shape index (κ1) is 15.8. The number of nitrogens with one attached hydrogen (secondary N) is 1. The van der Waals surface area contributed by atoms with Gasteiger partial charge in [-0.1, -0.05) is 15.9 Å². The number of hydrogen-bond donors (Lipinski definition) is 1. The smallest absolute Gasteiger partial charge is 0.267 e. The van der Waals surface area contributed by atoms with Crippen molar-refractivity contribution in [2.75, 3.05) is 0 Å². The molecular formula is C14H9BrFN3O3. The average Bonchev–Trinajstić information content (AvgIpc) is 2.49. The van der Waals surface area contributed by atoms with E-state index in [0.29, 0.717) is 5.56 Å². The van der Waals surface area contributed by atoms with Crippen molar-refractivity contribution in [2.45, 2.75) is 0 Å². The number of nitro groups is 1. The third-order valence-electron chi connectivity index (χ3n) is 2.67. The van der Waals surface area contributed by atoms with E-state index < -0.39 is 16.6 Å². The number of carbonyl (C=O) groups excluding carboxylic acids is 1. The van der Waals surface area contributed by atoms with E-state index in [1.54, 1.807) is 24.3 Å². The largest absolute Gasteiger partial charge is 0.271 e. The second-order valence-electron chi connectivity index (χ2n) is 4.17. The minimum absolute atomic E-state index is 0.0923. The van der Waals surface area contributed by atoms with Crippen LogP contribution in [0.5, 0.6) is 0 Å². The van der Waals surface area contributed by atoms with E-state index in [1.807, 2.05) is 0 Å². The third kappa shape index (κ3) is 3.95. The Balaban J connectivity index is 2.09. The van der Waals surface area contributed by atoms with Crippen molar-refractivity contribution in [3.05, 3.63) is 74.0 Å². The Labute approximate surface area is 132 Å². The van der Waals surface area contributed by atoms with E-state index in [-0.39, 0.29) is 11.3 Å². The minimum atomic E-state index is -0.674. The van der Waals surface area contributed by atoms with Gasteiger partial charge < -0.3 is 0 Å². The highest BCUT2D eigenvalue weighted by atomic mass is 79.9. The molecule has 0 aliphatic heterocycles. The molecule has 0 aliphatic carbocycles. The van der Waals surface area contributed by atoms with Crippen molar-refractivity contribution in [1.82, 2.24) is 5.43 Å². The molecular weight excluding hydrogens is 357 g/mol. The molecule has 0 unspecified atom stereocenters. The Morgan fingerprint density at radius 2 is 1.95 bits per heavy atom. The molecule has 0 fully saturated rings. The Hall–Kier alpha value is -2.61. The SMILES string of the molecule is O=C(N/N=C\c1cc([N+](=O)[O-])ccc1F)c1ccc(Br)cc1. The molecule has 1 N–H and O–H groups in total. The standard InChI is InChI=1S/C14H9BrFN3O3/c15-11-3-1-9(2-4-11)14(20)18-17-8-10-7-12(19(21)22)5-6-13(10)16/h1-8H,(H,18,20)/b17-8-. The third-order valence-corrected chi connectivity index (χ3v) is 3.20. The molecule has 8 heteroatoms. The van der Waals surface area contributed by atoms with Crippen LogP contribution in [0.2, 0.25) is 0 Å². The van der Waals surface area contributed by atoms with E-state index in [2.05, 4.69) is 26.5 Å². The highest BCUT2D eigenvalue weighted by molar-refractivity contribution is 9.10. The topological polar surface area (TPSA) is 84.6 Å². The Bertz CT molecular complexity index is 747. The Morgan fingerprint density at radius 3 is 2.59 bits per heavy atom. The summed E-state index contributed by atoms with van der Waals surface area (Å²) in [6.07, 6.45) is 1.01. The van der Waals surface area contributed by atoms with Gasteiger partial charge in [0.15, 0.2) is 0 Å². The lowest BCUT2D eigenvalue weighted by atomic mass is 10.2. The van der Waals surface area contributed by atoms with Crippen LogP contribution in [0.25, 0.3) is 0 Å². The molecule has 0 radical (unpaired) electrons. The predicted octanol–water partition coefficient (Wildman–Crippen LogP) is 3.26. The molecule has 112 valence electrons. The summed E-state index contributed by atoms with van der Waals surface area (Å²) in [7, 11) is 0. The summed E-state index contributed by atoms with van der Waals surface area (Å²) in [4.78, 5) is 21.7. The van der Waals surface area contributed by atoms with Gasteiger partial charge in [-0.2, -0.15) is 5.10 Å². The summed E-state index contributed by atoms with van der Waals surface area (Å²) >= 11 is 3.25. The number of rotatable bonds is 4. The first-order valence-corrected chi connectivity index (χ1v) is 6.79. The van der Waals surface area contributed by atoms with Crippen LogP contribution >= 0.6 is 15.9 Å². The van der Waals surface area contributed by atoms with Gasteiger partial charge in [-0.3, -0.25) is 14.9 Å². The lowest BCUT2D eigenvalue weighted by Gasteiger charge is -2.00. The fourth-order valence-electron chi connectivity index (χ4n) is 1.57. The number of non-ortho nitro benzene ring substituents is 1. The number of carbonyl (C=O) groups is 1. The molecule has 2 aromatic rings. The van der Waals surface area contributed by atoms with Gasteiger partial charge in [-0.15, -0.1) is 0 Å². The van der Waals surface area contributed by atoms with Crippen LogP contribution < -0.4 is 5.43 Å². The normalized spacial score (nSPS) is 10.6. The first-order chi connectivity index (χ1) is 10.5. The van der Waals surface area contributed by atoms with E-state index >= 15 is 0 Å². The van der Waals surface area contributed by atoms with Gasteiger partial charge in [0.25, 0.3) is 11.6 Å². The number of nitro benzene ring substituents is 1. The van der Waals surface area contributed by atoms with Crippen LogP contribution in [0.1, 0.15) is 15.9 Å². The summed E-state index contributed by atoms with van der Waals surface area (Å²) in [5, 5.41) is 14.2. The summed E-state index contributed by atoms with van der Waals surface area (Å²) in [6.45, 7) is 0. The molecule has 0 aromatic heterocycles. The molecule has 0 saturated heterocycles. The minimum Gasteiger partial charge on any atom is -0.267 e. The van der Waals surface area contributed by atoms with E-state index in [1.165, 1.54) is 0 Å². The van der Waals surface area contributed by atoms with Gasteiger partial charge in [-0.25, -0.2) is 9.82 Å². The molecule has 0 heterocycles. The van der Waals surface area contributed by atoms with Crippen LogP contribution in [0.3, 0.4) is 0 Å². The number of hydrogen-bond acceptors (Lipinski definition) is 4. The molecule has 2 aromatic carbocycles. The highest BCUT2D eigenvalue weighted by Crippen LogP contribution is 2.15. The van der Waals surface area contributed by atoms with Gasteiger partial charge in [0.05, 0.1) is 11.1 Å². The summed E-state index contributed by atoms with van der Waals surface area (Å²) in [5.74, 6) is -1.15. The molecule has 0 saturated carbocycles. The summed E-state index contributed by atoms with van der Waals surface area (Å²) in [5.41, 5.74) is 2.24. The van der Waals surface area contributed by atoms with Gasteiger partial charge in [0.1, 0.15) is 5.82 Å². The van der Waals surface area contributed by atoms with Crippen LogP contribution in [0.15, 0.2) is 52.0 Å². The number of amides is 1. The quantitative estimate of drug-likeness (QED) is 0.512. The monoisotopic (exact) mass is 365 g/mol. The Morgan fingerprint density at radius 1 is 1.27 bits per heavy atom. The number of benzene rings is 2. The Kier molecular flexibility index (Phi) is 4.95. The van der Waals surface area contributed by atoms with Crippen LogP contribution in [-0.4, -0.2) is 17.0 Å². The lowest BCUT2D eigenvalue weighted by Crippen LogP contribution is -2.17. The fraction of sp³-hybridized carbons (Fsp3) is 0. The van der Waals surface area contributed by atoms with Crippen molar-refractivity contribution in [2.24, 2.45) is 5.10 Å². The first-order valence-electron chi connectivity index (χ1n) is 6.00. The van der Waals surface area contributed by atoms with Gasteiger partial charge in [0.2, 0.25) is 0 Å². The van der Waals surface area contributed by atoms with E-state index in [0.717, 1.165) is 28.9 Å². The zero-order valence-electron chi connectivity index (χ0n) is 11.0. The van der Waals surface area contributed by atoms with Gasteiger partial charge >= 0.3 is 0 Å². The van der Waals surface area contributed by atoms with Crippen LogP contribution in [-0.2, 0) is 0 Å². The molecule has 6 nitrogen and oxygen atoms in total. The van der Waals surface area contributed by atoms with Crippen molar-refractivity contribution in [3.63, 3.8) is 0 Å². The molecule has 2 rings (SSSR count). The van der Waals surface area contributed by atoms with Crippen molar-refractivity contribution in [1.29, 1.82) is 0 Å². The molecule has 1 amide bonds. The number of nitrogens with zero attached hydrogens (tertiary/aromatic N) is 2. The van der Waals surface area contributed by atoms with Gasteiger partial charge in [0, 0.05) is 27.7 Å². The molecule has 0 spiro atoms. The van der Waals surface area contributed by atoms with Crippen molar-refractivity contribution < 1.29 is 14.1 Å². The number of hydrazone groups is 1. The zero-order valence-corrected chi connectivity index (χ0v) is 12.6. The average molecular weight is 366 g/mol. The maximum atomic E-state index is 13.5. The maximum absolute atomic E-state index is 13.5. The van der Waals surface area contributed by atoms with Crippen molar-refractivity contribution in [3.8, 4) is 0 Å². The van der Waals surface area contributed by atoms with E-state index in [9.17, 15) is 19.3 Å². The predicted molar refractivity (Wildman–Crippen MR) is 82.3 cm³/mol. The molecule has 22 heavy (non-hydrogen) atoms.